The lowest BCUT2D eigenvalue weighted by molar-refractivity contribution is 0.549. The van der Waals surface area contributed by atoms with Crippen molar-refractivity contribution in [2.24, 2.45) is 5.73 Å². The summed E-state index contributed by atoms with van der Waals surface area (Å²) in [4.78, 5) is 0. The van der Waals surface area contributed by atoms with Crippen molar-refractivity contribution in [3.05, 3.63) is 11.6 Å². The van der Waals surface area contributed by atoms with Crippen LogP contribution in [0.5, 0.6) is 0 Å². The monoisotopic (exact) mass is 194 g/mol. The third kappa shape index (κ3) is 1.66. The van der Waals surface area contributed by atoms with Crippen LogP contribution in [0.3, 0.4) is 0 Å². The van der Waals surface area contributed by atoms with E-state index in [4.69, 9.17) is 5.73 Å². The maximum Gasteiger partial charge on any atom is 0.150 e. The first-order valence-electron chi connectivity index (χ1n) is 5.41. The molecule has 2 rings (SSSR count). The van der Waals surface area contributed by atoms with E-state index in [1.54, 1.807) is 0 Å². The van der Waals surface area contributed by atoms with Gasteiger partial charge >= 0.3 is 0 Å². The number of aromatic nitrogens is 3. The summed E-state index contributed by atoms with van der Waals surface area (Å²) >= 11 is 0. The second-order valence-corrected chi connectivity index (χ2v) is 4.10. The summed E-state index contributed by atoms with van der Waals surface area (Å²) in [5, 5.41) is 8.30. The first-order valence-corrected chi connectivity index (χ1v) is 5.41. The minimum Gasteiger partial charge on any atom is -0.321 e. The molecular formula is C10H18N4. The zero-order valence-electron chi connectivity index (χ0n) is 8.90. The fraction of sp³-hybridized carbons (Fsp3) is 0.800. The molecule has 1 fully saturated rings. The Morgan fingerprint density at radius 1 is 1.50 bits per heavy atom. The number of rotatable bonds is 4. The van der Waals surface area contributed by atoms with Gasteiger partial charge in [0.15, 0.2) is 0 Å². The molecule has 4 nitrogen and oxygen atoms in total. The number of nitrogens with zero attached hydrogens (tertiary/aromatic N) is 3. The Morgan fingerprint density at radius 3 is 2.79 bits per heavy atom. The quantitative estimate of drug-likeness (QED) is 0.794. The first-order chi connectivity index (χ1) is 6.74. The minimum atomic E-state index is 0.0572. The molecule has 14 heavy (non-hydrogen) atoms. The second-order valence-electron chi connectivity index (χ2n) is 4.10. The third-order valence-corrected chi connectivity index (χ3v) is 2.74. The molecule has 1 heterocycles. The molecule has 0 aliphatic heterocycles. The van der Waals surface area contributed by atoms with Gasteiger partial charge in [0.05, 0.1) is 6.04 Å². The van der Waals surface area contributed by atoms with Gasteiger partial charge in [0.1, 0.15) is 11.6 Å². The lowest BCUT2D eigenvalue weighted by atomic mass is 10.1. The van der Waals surface area contributed by atoms with Crippen LogP contribution in [0.15, 0.2) is 0 Å². The Labute approximate surface area is 84.5 Å². The van der Waals surface area contributed by atoms with Crippen LogP contribution in [0, 0.1) is 6.92 Å². The summed E-state index contributed by atoms with van der Waals surface area (Å²) in [5.41, 5.74) is 6.06. The van der Waals surface area contributed by atoms with Gasteiger partial charge in [-0.05, 0) is 26.2 Å². The van der Waals surface area contributed by atoms with E-state index in [0.717, 1.165) is 24.5 Å². The second kappa shape index (κ2) is 3.69. The van der Waals surface area contributed by atoms with Gasteiger partial charge in [0, 0.05) is 6.04 Å². The van der Waals surface area contributed by atoms with Crippen LogP contribution in [0.4, 0.5) is 0 Å². The zero-order valence-corrected chi connectivity index (χ0v) is 8.90. The van der Waals surface area contributed by atoms with E-state index in [9.17, 15) is 0 Å². The van der Waals surface area contributed by atoms with Crippen molar-refractivity contribution in [2.45, 2.75) is 51.6 Å². The van der Waals surface area contributed by atoms with Crippen LogP contribution in [0.25, 0.3) is 0 Å². The largest absolute Gasteiger partial charge is 0.321 e. The van der Waals surface area contributed by atoms with Gasteiger partial charge in [-0.25, -0.2) is 0 Å². The SMILES string of the molecule is CCC[C@@H](N)c1nnc(C)n1C1CC1. The van der Waals surface area contributed by atoms with E-state index < -0.39 is 0 Å². The Kier molecular flexibility index (Phi) is 2.54. The number of hydrogen-bond donors (Lipinski definition) is 1. The van der Waals surface area contributed by atoms with Crippen LogP contribution in [-0.2, 0) is 0 Å². The van der Waals surface area contributed by atoms with Crippen LogP contribution in [-0.4, -0.2) is 14.8 Å². The van der Waals surface area contributed by atoms with Gasteiger partial charge in [-0.3, -0.25) is 0 Å². The third-order valence-electron chi connectivity index (χ3n) is 2.74. The van der Waals surface area contributed by atoms with Crippen LogP contribution < -0.4 is 5.73 Å². The van der Waals surface area contributed by atoms with E-state index in [2.05, 4.69) is 21.7 Å². The summed E-state index contributed by atoms with van der Waals surface area (Å²) < 4.78 is 2.22. The average Bonchev–Trinajstić information content (AvgIpc) is 2.90. The summed E-state index contributed by atoms with van der Waals surface area (Å²) in [6, 6.07) is 0.685. The molecular weight excluding hydrogens is 176 g/mol. The topological polar surface area (TPSA) is 56.7 Å². The smallest absolute Gasteiger partial charge is 0.150 e. The molecule has 4 heteroatoms. The van der Waals surface area contributed by atoms with E-state index in [1.807, 2.05) is 6.92 Å². The molecule has 0 aromatic carbocycles. The summed E-state index contributed by atoms with van der Waals surface area (Å²) in [5.74, 6) is 1.99. The molecule has 1 atom stereocenters. The van der Waals surface area contributed by atoms with Gasteiger partial charge in [-0.1, -0.05) is 13.3 Å². The molecule has 1 aliphatic carbocycles. The molecule has 1 aromatic rings. The maximum atomic E-state index is 6.06. The van der Waals surface area contributed by atoms with Gasteiger partial charge in [0.2, 0.25) is 0 Å². The molecule has 0 unspecified atom stereocenters. The molecule has 0 radical (unpaired) electrons. The Balaban J connectivity index is 2.23. The van der Waals surface area contributed by atoms with Crippen molar-refractivity contribution in [1.82, 2.24) is 14.8 Å². The highest BCUT2D eigenvalue weighted by molar-refractivity contribution is 5.04. The molecule has 78 valence electrons. The molecule has 1 aromatic heterocycles. The predicted molar refractivity (Wildman–Crippen MR) is 54.9 cm³/mol. The molecule has 2 N–H and O–H groups in total. The molecule has 0 bridgehead atoms. The highest BCUT2D eigenvalue weighted by Gasteiger charge is 2.29. The van der Waals surface area contributed by atoms with Gasteiger partial charge in [0.25, 0.3) is 0 Å². The van der Waals surface area contributed by atoms with E-state index in [-0.39, 0.29) is 6.04 Å². The normalized spacial score (nSPS) is 18.5. The summed E-state index contributed by atoms with van der Waals surface area (Å²) in [6.45, 7) is 4.15. The molecule has 1 aliphatic rings. The van der Waals surface area contributed by atoms with Crippen molar-refractivity contribution >= 4 is 0 Å². The zero-order chi connectivity index (χ0) is 10.1. The standard InChI is InChI=1S/C10H18N4/c1-3-4-9(11)10-13-12-7(2)14(10)8-5-6-8/h8-9H,3-6,11H2,1-2H3/t9-/m1/s1. The minimum absolute atomic E-state index is 0.0572. The average molecular weight is 194 g/mol. The number of nitrogens with two attached hydrogens (primary N) is 1. The lowest BCUT2D eigenvalue weighted by Gasteiger charge is -2.12. The van der Waals surface area contributed by atoms with Crippen LogP contribution in [0.2, 0.25) is 0 Å². The molecule has 0 saturated heterocycles. The van der Waals surface area contributed by atoms with E-state index in [1.165, 1.54) is 12.8 Å². The van der Waals surface area contributed by atoms with Gasteiger partial charge in [-0.2, -0.15) is 0 Å². The molecule has 0 spiro atoms. The lowest BCUT2D eigenvalue weighted by Crippen LogP contribution is -2.16. The van der Waals surface area contributed by atoms with E-state index >= 15 is 0 Å². The maximum absolute atomic E-state index is 6.06. The number of hydrogen-bond acceptors (Lipinski definition) is 3. The fourth-order valence-electron chi connectivity index (χ4n) is 1.86. The number of aryl methyl sites for hydroxylation is 1. The summed E-state index contributed by atoms with van der Waals surface area (Å²) in [6.07, 6.45) is 4.60. The predicted octanol–water partition coefficient (Wildman–Crippen LogP) is 1.72. The van der Waals surface area contributed by atoms with Crippen molar-refractivity contribution in [2.75, 3.05) is 0 Å². The highest BCUT2D eigenvalue weighted by atomic mass is 15.3. The Bertz CT molecular complexity index is 314. The van der Waals surface area contributed by atoms with E-state index in [0.29, 0.717) is 6.04 Å². The van der Waals surface area contributed by atoms with Gasteiger partial charge in [-0.15, -0.1) is 10.2 Å². The fourth-order valence-corrected chi connectivity index (χ4v) is 1.86. The highest BCUT2D eigenvalue weighted by Crippen LogP contribution is 2.37. The van der Waals surface area contributed by atoms with Crippen LogP contribution in [0.1, 0.15) is 56.3 Å². The first kappa shape index (κ1) is 9.65. The van der Waals surface area contributed by atoms with Crippen molar-refractivity contribution < 1.29 is 0 Å². The Hall–Kier alpha value is -0.900. The van der Waals surface area contributed by atoms with Crippen molar-refractivity contribution in [1.29, 1.82) is 0 Å². The van der Waals surface area contributed by atoms with Crippen molar-refractivity contribution in [3.8, 4) is 0 Å². The Morgan fingerprint density at radius 2 is 2.21 bits per heavy atom. The van der Waals surface area contributed by atoms with Crippen molar-refractivity contribution in [3.63, 3.8) is 0 Å². The van der Waals surface area contributed by atoms with Gasteiger partial charge < -0.3 is 10.3 Å². The van der Waals surface area contributed by atoms with Crippen LogP contribution >= 0.6 is 0 Å². The molecule has 0 amide bonds. The molecule has 1 saturated carbocycles. The summed E-state index contributed by atoms with van der Waals surface area (Å²) in [7, 11) is 0.